The van der Waals surface area contributed by atoms with Gasteiger partial charge in [-0.1, -0.05) is 0 Å². The van der Waals surface area contributed by atoms with Crippen LogP contribution >= 0.6 is 12.2 Å². The SMILES string of the molecule is CCNC(=S)Nc1nc(OC)cc(N2CCCC[C@H]2C)n1. The zero-order chi connectivity index (χ0) is 15.2. The van der Waals surface area contributed by atoms with Crippen molar-refractivity contribution >= 4 is 29.1 Å². The molecule has 1 atom stereocenters. The predicted octanol–water partition coefficient (Wildman–Crippen LogP) is 2.17. The molecule has 1 saturated heterocycles. The third-order valence-corrected chi connectivity index (χ3v) is 3.80. The van der Waals surface area contributed by atoms with Crippen LogP contribution in [0.25, 0.3) is 0 Å². The summed E-state index contributed by atoms with van der Waals surface area (Å²) < 4.78 is 5.28. The van der Waals surface area contributed by atoms with E-state index in [-0.39, 0.29) is 0 Å². The summed E-state index contributed by atoms with van der Waals surface area (Å²) in [6.07, 6.45) is 3.65. The van der Waals surface area contributed by atoms with Crippen molar-refractivity contribution in [2.75, 3.05) is 30.4 Å². The molecule has 1 aliphatic rings. The number of ether oxygens (including phenoxy) is 1. The summed E-state index contributed by atoms with van der Waals surface area (Å²) >= 11 is 5.18. The molecule has 2 heterocycles. The molecule has 0 spiro atoms. The smallest absolute Gasteiger partial charge is 0.234 e. The van der Waals surface area contributed by atoms with E-state index >= 15 is 0 Å². The minimum Gasteiger partial charge on any atom is -0.481 e. The topological polar surface area (TPSA) is 62.3 Å². The predicted molar refractivity (Wildman–Crippen MR) is 89.1 cm³/mol. The molecule has 0 saturated carbocycles. The van der Waals surface area contributed by atoms with E-state index in [0.717, 1.165) is 18.9 Å². The second-order valence-corrected chi connectivity index (χ2v) is 5.52. The number of thiocarbonyl (C=S) groups is 1. The number of nitrogens with one attached hydrogen (secondary N) is 2. The molecule has 2 N–H and O–H groups in total. The van der Waals surface area contributed by atoms with Gasteiger partial charge in [0.05, 0.1) is 7.11 Å². The molecule has 1 aromatic rings. The van der Waals surface area contributed by atoms with Crippen molar-refractivity contribution in [2.45, 2.75) is 39.2 Å². The summed E-state index contributed by atoms with van der Waals surface area (Å²) in [5.74, 6) is 1.89. The van der Waals surface area contributed by atoms with Gasteiger partial charge in [0.15, 0.2) is 5.11 Å². The Bertz CT molecular complexity index is 496. The summed E-state index contributed by atoms with van der Waals surface area (Å²) in [6.45, 7) is 5.98. The Morgan fingerprint density at radius 3 is 2.95 bits per heavy atom. The van der Waals surface area contributed by atoms with Crippen molar-refractivity contribution in [2.24, 2.45) is 0 Å². The van der Waals surface area contributed by atoms with Crippen LogP contribution in [-0.4, -0.2) is 41.3 Å². The number of aromatic nitrogens is 2. The average molecular weight is 309 g/mol. The molecule has 1 aliphatic heterocycles. The van der Waals surface area contributed by atoms with E-state index in [9.17, 15) is 0 Å². The Kier molecular flexibility index (Phi) is 5.55. The Labute approximate surface area is 131 Å². The van der Waals surface area contributed by atoms with Gasteiger partial charge in [0.1, 0.15) is 5.82 Å². The number of piperidine rings is 1. The lowest BCUT2D eigenvalue weighted by atomic mass is 10.0. The minimum atomic E-state index is 0.466. The lowest BCUT2D eigenvalue weighted by Gasteiger charge is -2.34. The van der Waals surface area contributed by atoms with Crippen LogP contribution in [0.3, 0.4) is 0 Å². The van der Waals surface area contributed by atoms with E-state index in [1.807, 2.05) is 13.0 Å². The fourth-order valence-corrected chi connectivity index (χ4v) is 2.70. The maximum Gasteiger partial charge on any atom is 0.234 e. The first-order valence-electron chi connectivity index (χ1n) is 7.38. The number of rotatable bonds is 4. The van der Waals surface area contributed by atoms with Gasteiger partial charge in [0.2, 0.25) is 11.8 Å². The number of hydrogen-bond donors (Lipinski definition) is 2. The van der Waals surface area contributed by atoms with Crippen molar-refractivity contribution in [1.82, 2.24) is 15.3 Å². The number of methoxy groups -OCH3 is 1. The van der Waals surface area contributed by atoms with Gasteiger partial charge in [0.25, 0.3) is 0 Å². The van der Waals surface area contributed by atoms with Gasteiger partial charge in [-0.05, 0) is 45.3 Å². The van der Waals surface area contributed by atoms with Gasteiger partial charge in [-0.15, -0.1) is 0 Å². The van der Waals surface area contributed by atoms with Crippen LogP contribution in [0.2, 0.25) is 0 Å². The highest BCUT2D eigenvalue weighted by Crippen LogP contribution is 2.26. The lowest BCUT2D eigenvalue weighted by molar-refractivity contribution is 0.396. The molecule has 0 unspecified atom stereocenters. The molecule has 2 rings (SSSR count). The fraction of sp³-hybridized carbons (Fsp3) is 0.643. The highest BCUT2D eigenvalue weighted by molar-refractivity contribution is 7.80. The van der Waals surface area contributed by atoms with Crippen LogP contribution < -0.4 is 20.3 Å². The molecule has 6 nitrogen and oxygen atoms in total. The third kappa shape index (κ3) is 4.17. The van der Waals surface area contributed by atoms with Crippen molar-refractivity contribution in [3.8, 4) is 5.88 Å². The summed E-state index contributed by atoms with van der Waals surface area (Å²) in [5.41, 5.74) is 0. The third-order valence-electron chi connectivity index (χ3n) is 3.56. The second kappa shape index (κ2) is 7.40. The maximum absolute atomic E-state index is 5.28. The van der Waals surface area contributed by atoms with Crippen LogP contribution in [0.15, 0.2) is 6.07 Å². The molecule has 0 aliphatic carbocycles. The molecule has 21 heavy (non-hydrogen) atoms. The van der Waals surface area contributed by atoms with Crippen LogP contribution in [0.4, 0.5) is 11.8 Å². The number of hydrogen-bond acceptors (Lipinski definition) is 5. The normalized spacial score (nSPS) is 18.2. The van der Waals surface area contributed by atoms with Crippen LogP contribution in [0, 0.1) is 0 Å². The second-order valence-electron chi connectivity index (χ2n) is 5.11. The molecule has 1 fully saturated rings. The zero-order valence-electron chi connectivity index (χ0n) is 12.8. The first-order chi connectivity index (χ1) is 10.1. The number of nitrogens with zero attached hydrogens (tertiary/aromatic N) is 3. The first-order valence-corrected chi connectivity index (χ1v) is 7.79. The summed E-state index contributed by atoms with van der Waals surface area (Å²) in [5, 5.41) is 6.55. The fourth-order valence-electron chi connectivity index (χ4n) is 2.47. The van der Waals surface area contributed by atoms with Gasteiger partial charge in [-0.25, -0.2) is 0 Å². The lowest BCUT2D eigenvalue weighted by Crippen LogP contribution is -2.38. The largest absolute Gasteiger partial charge is 0.481 e. The van der Waals surface area contributed by atoms with Crippen molar-refractivity contribution in [3.63, 3.8) is 0 Å². The van der Waals surface area contributed by atoms with E-state index in [0.29, 0.717) is 23.0 Å². The summed E-state index contributed by atoms with van der Waals surface area (Å²) in [6, 6.07) is 2.36. The van der Waals surface area contributed by atoms with E-state index in [4.69, 9.17) is 17.0 Å². The first kappa shape index (κ1) is 15.8. The molecular weight excluding hydrogens is 286 g/mol. The Morgan fingerprint density at radius 2 is 2.29 bits per heavy atom. The quantitative estimate of drug-likeness (QED) is 0.826. The summed E-state index contributed by atoms with van der Waals surface area (Å²) in [4.78, 5) is 11.2. The molecule has 0 amide bonds. The zero-order valence-corrected chi connectivity index (χ0v) is 13.7. The Morgan fingerprint density at radius 1 is 1.48 bits per heavy atom. The Hall–Kier alpha value is -1.63. The van der Waals surface area contributed by atoms with Crippen molar-refractivity contribution in [1.29, 1.82) is 0 Å². The van der Waals surface area contributed by atoms with Crippen LogP contribution in [0.5, 0.6) is 5.88 Å². The van der Waals surface area contributed by atoms with E-state index in [1.54, 1.807) is 7.11 Å². The molecule has 0 bridgehead atoms. The van der Waals surface area contributed by atoms with Crippen LogP contribution in [0.1, 0.15) is 33.1 Å². The minimum absolute atomic E-state index is 0.466. The van der Waals surface area contributed by atoms with E-state index < -0.39 is 0 Å². The van der Waals surface area contributed by atoms with E-state index in [2.05, 4.69) is 32.4 Å². The standard InChI is InChI=1S/C14H23N5OS/c1-4-15-14(21)18-13-16-11(9-12(17-13)20-3)19-8-6-5-7-10(19)2/h9-10H,4-8H2,1-3H3,(H2,15,16,17,18,21)/t10-/m1/s1. The van der Waals surface area contributed by atoms with Gasteiger partial charge in [-0.2, -0.15) is 9.97 Å². The van der Waals surface area contributed by atoms with Gasteiger partial charge in [0, 0.05) is 25.2 Å². The Balaban J connectivity index is 2.22. The van der Waals surface area contributed by atoms with Crippen molar-refractivity contribution in [3.05, 3.63) is 6.07 Å². The average Bonchev–Trinajstić information content (AvgIpc) is 2.47. The number of anilines is 2. The van der Waals surface area contributed by atoms with Gasteiger partial charge >= 0.3 is 0 Å². The molecule has 0 aromatic carbocycles. The molecular formula is C14H23N5OS. The molecule has 116 valence electrons. The van der Waals surface area contributed by atoms with Crippen molar-refractivity contribution < 1.29 is 4.74 Å². The highest BCUT2D eigenvalue weighted by atomic mass is 32.1. The van der Waals surface area contributed by atoms with Gasteiger partial charge < -0.3 is 20.3 Å². The van der Waals surface area contributed by atoms with E-state index in [1.165, 1.54) is 19.3 Å². The highest BCUT2D eigenvalue weighted by Gasteiger charge is 2.21. The maximum atomic E-state index is 5.28. The molecule has 1 aromatic heterocycles. The summed E-state index contributed by atoms with van der Waals surface area (Å²) in [7, 11) is 1.61. The monoisotopic (exact) mass is 309 g/mol. The molecule has 7 heteroatoms. The van der Waals surface area contributed by atoms with Crippen LogP contribution in [-0.2, 0) is 0 Å². The van der Waals surface area contributed by atoms with Gasteiger partial charge in [-0.3, -0.25) is 0 Å². The molecule has 0 radical (unpaired) electrons.